The summed E-state index contributed by atoms with van der Waals surface area (Å²) in [6.45, 7) is 4.88. The largest absolute Gasteiger partial charge is 0.478 e. The third-order valence-electron chi connectivity index (χ3n) is 2.43. The quantitative estimate of drug-likeness (QED) is 0.826. The van der Waals surface area contributed by atoms with Gasteiger partial charge in [-0.05, 0) is 26.0 Å². The summed E-state index contributed by atoms with van der Waals surface area (Å²) in [4.78, 5) is 0. The minimum absolute atomic E-state index is 0.0725. The van der Waals surface area contributed by atoms with Gasteiger partial charge in [-0.2, -0.15) is 5.26 Å². The Labute approximate surface area is 101 Å². The summed E-state index contributed by atoms with van der Waals surface area (Å²) in [6.07, 6.45) is 1.03. The van der Waals surface area contributed by atoms with Crippen molar-refractivity contribution in [1.29, 1.82) is 5.26 Å². The first-order chi connectivity index (χ1) is 8.19. The van der Waals surface area contributed by atoms with Crippen LogP contribution in [0.1, 0.15) is 31.9 Å². The molecule has 0 amide bonds. The lowest BCUT2D eigenvalue weighted by Gasteiger charge is -2.17. The lowest BCUT2D eigenvalue weighted by atomic mass is 10.1. The van der Waals surface area contributed by atoms with Crippen molar-refractivity contribution in [2.75, 3.05) is 13.2 Å². The van der Waals surface area contributed by atoms with Gasteiger partial charge in [-0.1, -0.05) is 13.0 Å². The van der Waals surface area contributed by atoms with Crippen LogP contribution in [0.2, 0.25) is 0 Å². The number of nitrogens with one attached hydrogen (secondary N) is 1. The number of nitrogens with zero attached hydrogens (tertiary/aromatic N) is 1. The van der Waals surface area contributed by atoms with Gasteiger partial charge in [0, 0.05) is 17.7 Å². The average molecular weight is 236 g/mol. The second kappa shape index (κ2) is 6.87. The first-order valence-electron chi connectivity index (χ1n) is 5.71. The summed E-state index contributed by atoms with van der Waals surface area (Å²) in [7, 11) is 0. The third kappa shape index (κ3) is 4.04. The lowest BCUT2D eigenvalue weighted by Crippen LogP contribution is -2.20. The second-order valence-corrected chi connectivity index (χ2v) is 3.80. The molecule has 0 saturated carbocycles. The van der Waals surface area contributed by atoms with Gasteiger partial charge in [0.05, 0.1) is 0 Å². The van der Waals surface area contributed by atoms with E-state index in [1.54, 1.807) is 6.07 Å². The van der Waals surface area contributed by atoms with E-state index in [0.717, 1.165) is 18.5 Å². The lowest BCUT2D eigenvalue weighted by molar-refractivity contribution is 0.356. The van der Waals surface area contributed by atoms with Crippen LogP contribution in [-0.2, 0) is 0 Å². The number of ether oxygens (including phenoxy) is 1. The van der Waals surface area contributed by atoms with Gasteiger partial charge in [0.25, 0.3) is 0 Å². The summed E-state index contributed by atoms with van der Waals surface area (Å²) >= 11 is 0. The molecular formula is C13H17FN2O. The molecular weight excluding hydrogens is 219 g/mol. The molecule has 0 aliphatic carbocycles. The molecule has 17 heavy (non-hydrogen) atoms. The van der Waals surface area contributed by atoms with Crippen LogP contribution in [0.15, 0.2) is 18.2 Å². The van der Waals surface area contributed by atoms with Gasteiger partial charge in [0.15, 0.2) is 6.61 Å². The topological polar surface area (TPSA) is 45.0 Å². The SMILES string of the molecule is CCCNC(C)c1ccc(F)cc1OCC#N. The Balaban J connectivity index is 2.85. The van der Waals surface area contributed by atoms with Crippen molar-refractivity contribution in [2.45, 2.75) is 26.3 Å². The van der Waals surface area contributed by atoms with Crippen molar-refractivity contribution in [1.82, 2.24) is 5.32 Å². The summed E-state index contributed by atoms with van der Waals surface area (Å²) < 4.78 is 18.3. The van der Waals surface area contributed by atoms with Crippen molar-refractivity contribution in [3.63, 3.8) is 0 Å². The maximum absolute atomic E-state index is 13.1. The molecule has 0 heterocycles. The van der Waals surface area contributed by atoms with Crippen molar-refractivity contribution in [2.24, 2.45) is 0 Å². The van der Waals surface area contributed by atoms with E-state index in [4.69, 9.17) is 10.00 Å². The van der Waals surface area contributed by atoms with Crippen LogP contribution < -0.4 is 10.1 Å². The van der Waals surface area contributed by atoms with Crippen LogP contribution in [-0.4, -0.2) is 13.2 Å². The molecule has 0 bridgehead atoms. The molecule has 4 heteroatoms. The second-order valence-electron chi connectivity index (χ2n) is 3.80. The highest BCUT2D eigenvalue weighted by Crippen LogP contribution is 2.26. The van der Waals surface area contributed by atoms with Crippen LogP contribution in [0.3, 0.4) is 0 Å². The summed E-state index contributed by atoms with van der Waals surface area (Å²) in [5, 5.41) is 11.8. The van der Waals surface area contributed by atoms with Crippen LogP contribution in [0.4, 0.5) is 4.39 Å². The van der Waals surface area contributed by atoms with Crippen LogP contribution in [0.25, 0.3) is 0 Å². The number of benzene rings is 1. The minimum atomic E-state index is -0.357. The molecule has 1 unspecified atom stereocenters. The zero-order valence-electron chi connectivity index (χ0n) is 10.2. The summed E-state index contributed by atoms with van der Waals surface area (Å²) in [5.74, 6) is 0.0760. The fourth-order valence-corrected chi connectivity index (χ4v) is 1.57. The molecule has 1 rings (SSSR count). The van der Waals surface area contributed by atoms with Gasteiger partial charge in [-0.25, -0.2) is 4.39 Å². The molecule has 1 aromatic rings. The van der Waals surface area contributed by atoms with Gasteiger partial charge >= 0.3 is 0 Å². The molecule has 0 spiro atoms. The molecule has 1 atom stereocenters. The van der Waals surface area contributed by atoms with Crippen molar-refractivity contribution in [3.8, 4) is 11.8 Å². The van der Waals surface area contributed by atoms with E-state index >= 15 is 0 Å². The zero-order chi connectivity index (χ0) is 12.7. The molecule has 0 radical (unpaired) electrons. The predicted octanol–water partition coefficient (Wildman–Crippen LogP) is 2.79. The molecule has 3 nitrogen and oxygen atoms in total. The first kappa shape index (κ1) is 13.5. The van der Waals surface area contributed by atoms with Gasteiger partial charge < -0.3 is 10.1 Å². The average Bonchev–Trinajstić information content (AvgIpc) is 2.33. The van der Waals surface area contributed by atoms with E-state index in [1.165, 1.54) is 12.1 Å². The summed E-state index contributed by atoms with van der Waals surface area (Å²) in [5.41, 5.74) is 0.870. The zero-order valence-corrected chi connectivity index (χ0v) is 10.2. The monoisotopic (exact) mass is 236 g/mol. The third-order valence-corrected chi connectivity index (χ3v) is 2.43. The molecule has 0 aliphatic rings. The Morgan fingerprint density at radius 2 is 2.29 bits per heavy atom. The van der Waals surface area contributed by atoms with Crippen LogP contribution in [0, 0.1) is 17.1 Å². The molecule has 0 aromatic heterocycles. The van der Waals surface area contributed by atoms with E-state index in [9.17, 15) is 4.39 Å². The predicted molar refractivity (Wildman–Crippen MR) is 64.2 cm³/mol. The fraction of sp³-hybridized carbons (Fsp3) is 0.462. The molecule has 0 aliphatic heterocycles. The maximum atomic E-state index is 13.1. The highest BCUT2D eigenvalue weighted by atomic mass is 19.1. The van der Waals surface area contributed by atoms with E-state index in [2.05, 4.69) is 12.2 Å². The smallest absolute Gasteiger partial charge is 0.174 e. The van der Waals surface area contributed by atoms with Gasteiger partial charge in [-0.15, -0.1) is 0 Å². The van der Waals surface area contributed by atoms with Gasteiger partial charge in [0.1, 0.15) is 17.6 Å². The number of nitriles is 1. The number of rotatable bonds is 6. The number of hydrogen-bond acceptors (Lipinski definition) is 3. The van der Waals surface area contributed by atoms with E-state index in [1.807, 2.05) is 13.0 Å². The van der Waals surface area contributed by atoms with Crippen molar-refractivity contribution in [3.05, 3.63) is 29.6 Å². The first-order valence-corrected chi connectivity index (χ1v) is 5.71. The number of halogens is 1. The number of hydrogen-bond donors (Lipinski definition) is 1. The van der Waals surface area contributed by atoms with Gasteiger partial charge in [-0.3, -0.25) is 0 Å². The standard InChI is InChI=1S/C13H17FN2O/c1-3-7-16-10(2)12-5-4-11(14)9-13(12)17-8-6-15/h4-5,9-10,16H,3,7-8H2,1-2H3. The van der Waals surface area contributed by atoms with Crippen molar-refractivity contribution < 1.29 is 9.13 Å². The molecule has 1 aromatic carbocycles. The Kier molecular flexibility index (Phi) is 5.44. The van der Waals surface area contributed by atoms with E-state index in [0.29, 0.717) is 5.75 Å². The summed E-state index contributed by atoms with van der Waals surface area (Å²) in [6, 6.07) is 6.36. The Hall–Kier alpha value is -1.60. The Morgan fingerprint density at radius 1 is 1.53 bits per heavy atom. The van der Waals surface area contributed by atoms with E-state index in [-0.39, 0.29) is 18.5 Å². The minimum Gasteiger partial charge on any atom is -0.478 e. The van der Waals surface area contributed by atoms with E-state index < -0.39 is 0 Å². The Bertz CT molecular complexity index is 401. The maximum Gasteiger partial charge on any atom is 0.174 e. The normalized spacial score (nSPS) is 11.9. The molecule has 1 N–H and O–H groups in total. The van der Waals surface area contributed by atoms with Gasteiger partial charge in [0.2, 0.25) is 0 Å². The molecule has 92 valence electrons. The van der Waals surface area contributed by atoms with Crippen LogP contribution >= 0.6 is 0 Å². The van der Waals surface area contributed by atoms with Crippen LogP contribution in [0.5, 0.6) is 5.75 Å². The molecule has 0 saturated heterocycles. The molecule has 0 fully saturated rings. The van der Waals surface area contributed by atoms with Crippen molar-refractivity contribution >= 4 is 0 Å². The highest BCUT2D eigenvalue weighted by molar-refractivity contribution is 5.36. The highest BCUT2D eigenvalue weighted by Gasteiger charge is 2.12. The Morgan fingerprint density at radius 3 is 2.94 bits per heavy atom. The fourth-order valence-electron chi connectivity index (χ4n) is 1.57.